The van der Waals surface area contributed by atoms with Crippen LogP contribution in [0.4, 0.5) is 5.69 Å². The lowest BCUT2D eigenvalue weighted by Gasteiger charge is -2.04. The number of nitriles is 2. The summed E-state index contributed by atoms with van der Waals surface area (Å²) in [5, 5.41) is 28.5. The average molecular weight is 281 g/mol. The second-order valence-electron chi connectivity index (χ2n) is 3.79. The van der Waals surface area contributed by atoms with Gasteiger partial charge in [0.1, 0.15) is 6.07 Å². The van der Waals surface area contributed by atoms with Gasteiger partial charge >= 0.3 is 0 Å². The predicted octanol–water partition coefficient (Wildman–Crippen LogP) is 3.49. The maximum Gasteiger partial charge on any atom is 0.269 e. The highest BCUT2D eigenvalue weighted by molar-refractivity contribution is 7.99. The highest BCUT2D eigenvalue weighted by Gasteiger charge is 2.08. The third-order valence-corrected chi connectivity index (χ3v) is 3.57. The molecule has 0 atom stereocenters. The van der Waals surface area contributed by atoms with Gasteiger partial charge in [-0.15, -0.1) is 0 Å². The Kier molecular flexibility index (Phi) is 3.99. The van der Waals surface area contributed by atoms with Crippen LogP contribution in [0.25, 0.3) is 0 Å². The Morgan fingerprint density at radius 1 is 1.05 bits per heavy atom. The van der Waals surface area contributed by atoms with E-state index >= 15 is 0 Å². The van der Waals surface area contributed by atoms with Crippen LogP contribution >= 0.6 is 11.8 Å². The lowest BCUT2D eigenvalue weighted by atomic mass is 10.2. The molecule has 0 aliphatic heterocycles. The molecule has 2 aromatic rings. The number of non-ortho nitro benzene ring substituents is 1. The molecular weight excluding hydrogens is 274 g/mol. The first kappa shape index (κ1) is 13.6. The Morgan fingerprint density at radius 3 is 2.30 bits per heavy atom. The first-order valence-corrected chi connectivity index (χ1v) is 6.32. The van der Waals surface area contributed by atoms with E-state index in [1.165, 1.54) is 23.9 Å². The molecule has 0 bridgehead atoms. The fraction of sp³-hybridized carbons (Fsp3) is 0. The molecule has 0 spiro atoms. The third kappa shape index (κ3) is 2.94. The Bertz CT molecular complexity index is 742. The number of nitro benzene ring substituents is 1. The van der Waals surface area contributed by atoms with Gasteiger partial charge in [-0.05, 0) is 30.3 Å². The van der Waals surface area contributed by atoms with Crippen LogP contribution in [0.2, 0.25) is 0 Å². The van der Waals surface area contributed by atoms with E-state index in [4.69, 9.17) is 10.5 Å². The number of nitro groups is 1. The largest absolute Gasteiger partial charge is 0.269 e. The van der Waals surface area contributed by atoms with E-state index in [1.54, 1.807) is 30.3 Å². The van der Waals surface area contributed by atoms with E-state index in [-0.39, 0.29) is 5.69 Å². The van der Waals surface area contributed by atoms with Crippen LogP contribution in [0.1, 0.15) is 11.1 Å². The zero-order valence-electron chi connectivity index (χ0n) is 10.1. The Morgan fingerprint density at radius 2 is 1.75 bits per heavy atom. The van der Waals surface area contributed by atoms with Crippen LogP contribution in [-0.2, 0) is 0 Å². The molecule has 96 valence electrons. The van der Waals surface area contributed by atoms with Crippen molar-refractivity contribution in [2.75, 3.05) is 0 Å². The Labute approximate surface area is 119 Å². The molecule has 0 saturated heterocycles. The van der Waals surface area contributed by atoms with Crippen LogP contribution in [0.15, 0.2) is 52.3 Å². The zero-order valence-corrected chi connectivity index (χ0v) is 10.9. The lowest BCUT2D eigenvalue weighted by Crippen LogP contribution is -1.87. The van der Waals surface area contributed by atoms with E-state index in [0.717, 1.165) is 4.90 Å². The van der Waals surface area contributed by atoms with Crippen LogP contribution in [-0.4, -0.2) is 4.92 Å². The van der Waals surface area contributed by atoms with Crippen molar-refractivity contribution in [2.24, 2.45) is 0 Å². The first-order valence-electron chi connectivity index (χ1n) is 5.50. The normalized spacial score (nSPS) is 9.50. The fourth-order valence-electron chi connectivity index (χ4n) is 1.53. The highest BCUT2D eigenvalue weighted by atomic mass is 32.2. The van der Waals surface area contributed by atoms with Crippen molar-refractivity contribution in [2.45, 2.75) is 9.79 Å². The average Bonchev–Trinajstić information content (AvgIpc) is 2.47. The maximum atomic E-state index is 10.6. The second-order valence-corrected chi connectivity index (χ2v) is 4.90. The minimum Gasteiger partial charge on any atom is -0.258 e. The minimum atomic E-state index is -0.467. The summed E-state index contributed by atoms with van der Waals surface area (Å²) in [4.78, 5) is 11.5. The van der Waals surface area contributed by atoms with E-state index in [2.05, 4.69) is 6.07 Å². The molecule has 0 unspecified atom stereocenters. The number of benzene rings is 2. The maximum absolute atomic E-state index is 10.6. The molecule has 0 aromatic heterocycles. The molecule has 2 aromatic carbocycles. The summed E-state index contributed by atoms with van der Waals surface area (Å²) in [6, 6.07) is 14.9. The van der Waals surface area contributed by atoms with E-state index in [1.807, 2.05) is 6.07 Å². The van der Waals surface area contributed by atoms with E-state index in [0.29, 0.717) is 16.0 Å². The van der Waals surface area contributed by atoms with Crippen LogP contribution < -0.4 is 0 Å². The van der Waals surface area contributed by atoms with Crippen LogP contribution in [0, 0.1) is 32.8 Å². The van der Waals surface area contributed by atoms with Crippen molar-refractivity contribution in [3.8, 4) is 12.1 Å². The van der Waals surface area contributed by atoms with Crippen molar-refractivity contribution in [3.05, 3.63) is 63.7 Å². The SMILES string of the molecule is N#Cc1ccc(C#N)c(Sc2ccc([N+](=O)[O-])cc2)c1. The monoisotopic (exact) mass is 281 g/mol. The standard InChI is InChI=1S/C14H7N3O2S/c15-8-10-1-2-11(9-16)14(7-10)20-13-5-3-12(4-6-13)17(18)19/h1-7H. The molecule has 0 heterocycles. The third-order valence-electron chi connectivity index (χ3n) is 2.51. The molecule has 0 radical (unpaired) electrons. The van der Waals surface area contributed by atoms with Gasteiger partial charge in [-0.25, -0.2) is 0 Å². The van der Waals surface area contributed by atoms with Gasteiger partial charge < -0.3 is 0 Å². The molecule has 0 fully saturated rings. The summed E-state index contributed by atoms with van der Waals surface area (Å²) < 4.78 is 0. The molecule has 6 heteroatoms. The topological polar surface area (TPSA) is 90.7 Å². The van der Waals surface area contributed by atoms with E-state index < -0.39 is 4.92 Å². The molecule has 2 rings (SSSR count). The molecule has 0 N–H and O–H groups in total. The molecule has 0 amide bonds. The van der Waals surface area contributed by atoms with Gasteiger partial charge in [-0.1, -0.05) is 11.8 Å². The highest BCUT2D eigenvalue weighted by Crippen LogP contribution is 2.31. The molecule has 0 aliphatic rings. The summed E-state index contributed by atoms with van der Waals surface area (Å²) >= 11 is 1.29. The van der Waals surface area contributed by atoms with Gasteiger partial charge in [0.2, 0.25) is 0 Å². The number of rotatable bonds is 3. The van der Waals surface area contributed by atoms with Crippen molar-refractivity contribution in [1.82, 2.24) is 0 Å². The zero-order chi connectivity index (χ0) is 14.5. The Hall–Kier alpha value is -2.83. The summed E-state index contributed by atoms with van der Waals surface area (Å²) in [6.45, 7) is 0. The van der Waals surface area contributed by atoms with Gasteiger partial charge in [0.25, 0.3) is 5.69 Å². The predicted molar refractivity (Wildman–Crippen MR) is 73.1 cm³/mol. The lowest BCUT2D eigenvalue weighted by molar-refractivity contribution is -0.384. The minimum absolute atomic E-state index is 0.0145. The number of nitrogens with zero attached hydrogens (tertiary/aromatic N) is 3. The molecule has 0 saturated carbocycles. The summed E-state index contributed by atoms with van der Waals surface area (Å²) in [5.74, 6) is 0. The van der Waals surface area contributed by atoms with Crippen molar-refractivity contribution in [3.63, 3.8) is 0 Å². The quantitative estimate of drug-likeness (QED) is 0.634. The van der Waals surface area contributed by atoms with Gasteiger partial charge in [0.05, 0.1) is 22.1 Å². The van der Waals surface area contributed by atoms with Crippen molar-refractivity contribution < 1.29 is 4.92 Å². The van der Waals surface area contributed by atoms with Gasteiger partial charge in [0.15, 0.2) is 0 Å². The number of hydrogen-bond donors (Lipinski definition) is 0. The van der Waals surface area contributed by atoms with Gasteiger partial charge in [0, 0.05) is 21.9 Å². The first-order chi connectivity index (χ1) is 9.63. The van der Waals surface area contributed by atoms with Crippen LogP contribution in [0.3, 0.4) is 0 Å². The number of hydrogen-bond acceptors (Lipinski definition) is 5. The summed E-state index contributed by atoms with van der Waals surface area (Å²) in [6.07, 6.45) is 0. The molecular formula is C14H7N3O2S. The second kappa shape index (κ2) is 5.87. The van der Waals surface area contributed by atoms with Crippen molar-refractivity contribution >= 4 is 17.4 Å². The summed E-state index contributed by atoms with van der Waals surface area (Å²) in [5.41, 5.74) is 0.946. The molecule has 20 heavy (non-hydrogen) atoms. The summed E-state index contributed by atoms with van der Waals surface area (Å²) in [7, 11) is 0. The van der Waals surface area contributed by atoms with Crippen LogP contribution in [0.5, 0.6) is 0 Å². The smallest absolute Gasteiger partial charge is 0.258 e. The Balaban J connectivity index is 2.32. The van der Waals surface area contributed by atoms with Crippen molar-refractivity contribution in [1.29, 1.82) is 10.5 Å². The fourth-order valence-corrected chi connectivity index (χ4v) is 2.47. The van der Waals surface area contributed by atoms with Gasteiger partial charge in [-0.3, -0.25) is 10.1 Å². The molecule has 0 aliphatic carbocycles. The van der Waals surface area contributed by atoms with E-state index in [9.17, 15) is 10.1 Å². The molecule has 5 nitrogen and oxygen atoms in total. The van der Waals surface area contributed by atoms with Gasteiger partial charge in [-0.2, -0.15) is 10.5 Å².